The molecule has 1 unspecified atom stereocenters. The van der Waals surface area contributed by atoms with Crippen LogP contribution in [-0.2, 0) is 21.2 Å². The summed E-state index contributed by atoms with van der Waals surface area (Å²) in [4.78, 5) is 12.9. The van der Waals surface area contributed by atoms with Crippen molar-refractivity contribution in [3.05, 3.63) is 89.5 Å². The van der Waals surface area contributed by atoms with E-state index < -0.39 is 39.3 Å². The molecule has 180 valence electrons. The highest BCUT2D eigenvalue weighted by Gasteiger charge is 2.29. The van der Waals surface area contributed by atoms with Crippen LogP contribution in [-0.4, -0.2) is 27.5 Å². The zero-order valence-electron chi connectivity index (χ0n) is 19.0. The van der Waals surface area contributed by atoms with Gasteiger partial charge in [-0.05, 0) is 47.7 Å². The van der Waals surface area contributed by atoms with Crippen molar-refractivity contribution >= 4 is 21.6 Å². The Labute approximate surface area is 198 Å². The third kappa shape index (κ3) is 5.98. The standard InChI is InChI=1S/C25H26F2N2O4S/c1-16(2)18-12-13-22(33-3)23(15-18)34(31,32)29-21(14-17-8-5-4-6-9-17)25(30)28-24-19(26)10-7-11-20(24)27/h4-13,15-16,21,29H,14H2,1-3H3,(H,28,30). The molecular formula is C25H26F2N2O4S. The maximum atomic E-state index is 14.1. The Balaban J connectivity index is 1.98. The zero-order chi connectivity index (χ0) is 24.9. The van der Waals surface area contributed by atoms with E-state index in [1.54, 1.807) is 42.5 Å². The maximum Gasteiger partial charge on any atom is 0.245 e. The summed E-state index contributed by atoms with van der Waals surface area (Å²) in [5.74, 6) is -2.69. The summed E-state index contributed by atoms with van der Waals surface area (Å²) in [6.45, 7) is 3.83. The molecule has 0 spiro atoms. The zero-order valence-corrected chi connectivity index (χ0v) is 19.8. The van der Waals surface area contributed by atoms with Crippen molar-refractivity contribution < 1.29 is 26.7 Å². The number of hydrogen-bond acceptors (Lipinski definition) is 4. The van der Waals surface area contributed by atoms with Crippen molar-refractivity contribution in [3.8, 4) is 5.75 Å². The van der Waals surface area contributed by atoms with Crippen LogP contribution in [0.4, 0.5) is 14.5 Å². The number of amides is 1. The van der Waals surface area contributed by atoms with Crippen LogP contribution in [0.15, 0.2) is 71.6 Å². The maximum absolute atomic E-state index is 14.1. The van der Waals surface area contributed by atoms with E-state index >= 15 is 0 Å². The summed E-state index contributed by atoms with van der Waals surface area (Å²) in [6.07, 6.45) is -0.0475. The van der Waals surface area contributed by atoms with Crippen LogP contribution >= 0.6 is 0 Å². The number of anilines is 1. The molecule has 6 nitrogen and oxygen atoms in total. The van der Waals surface area contributed by atoms with Crippen molar-refractivity contribution in [1.29, 1.82) is 0 Å². The fourth-order valence-electron chi connectivity index (χ4n) is 3.38. The van der Waals surface area contributed by atoms with Crippen LogP contribution < -0.4 is 14.8 Å². The lowest BCUT2D eigenvalue weighted by Crippen LogP contribution is -2.45. The fraction of sp³-hybridized carbons (Fsp3) is 0.240. The van der Waals surface area contributed by atoms with Crippen molar-refractivity contribution in [2.24, 2.45) is 0 Å². The third-order valence-electron chi connectivity index (χ3n) is 5.25. The summed E-state index contributed by atoms with van der Waals surface area (Å²) < 4.78 is 62.6. The summed E-state index contributed by atoms with van der Waals surface area (Å²) in [5, 5.41) is 2.18. The van der Waals surface area contributed by atoms with Gasteiger partial charge in [0.2, 0.25) is 15.9 Å². The number of sulfonamides is 1. The Morgan fingerprint density at radius 2 is 1.62 bits per heavy atom. The van der Waals surface area contributed by atoms with Gasteiger partial charge in [-0.25, -0.2) is 17.2 Å². The van der Waals surface area contributed by atoms with E-state index in [0.29, 0.717) is 5.56 Å². The second-order valence-electron chi connectivity index (χ2n) is 8.01. The number of rotatable bonds is 9. The van der Waals surface area contributed by atoms with E-state index in [1.807, 2.05) is 13.8 Å². The number of para-hydroxylation sites is 1. The fourth-order valence-corrected chi connectivity index (χ4v) is 4.78. The number of methoxy groups -OCH3 is 1. The molecule has 9 heteroatoms. The predicted octanol–water partition coefficient (Wildman–Crippen LogP) is 4.63. The number of nitrogens with one attached hydrogen (secondary N) is 2. The van der Waals surface area contributed by atoms with Crippen LogP contribution in [0.5, 0.6) is 5.75 Å². The summed E-state index contributed by atoms with van der Waals surface area (Å²) in [7, 11) is -2.91. The predicted molar refractivity (Wildman–Crippen MR) is 126 cm³/mol. The quantitative estimate of drug-likeness (QED) is 0.460. The van der Waals surface area contributed by atoms with E-state index in [2.05, 4.69) is 10.0 Å². The monoisotopic (exact) mass is 488 g/mol. The Kier molecular flexibility index (Phi) is 8.01. The molecule has 3 rings (SSSR count). The van der Waals surface area contributed by atoms with Gasteiger partial charge in [-0.1, -0.05) is 56.3 Å². The van der Waals surface area contributed by atoms with Gasteiger partial charge in [0.1, 0.15) is 34.0 Å². The highest BCUT2D eigenvalue weighted by molar-refractivity contribution is 7.89. The summed E-state index contributed by atoms with van der Waals surface area (Å²) >= 11 is 0. The first-order valence-corrected chi connectivity index (χ1v) is 12.1. The van der Waals surface area contributed by atoms with Crippen molar-refractivity contribution in [2.45, 2.75) is 37.1 Å². The molecule has 0 bridgehead atoms. The molecular weight excluding hydrogens is 462 g/mol. The van der Waals surface area contributed by atoms with Crippen molar-refractivity contribution in [2.75, 3.05) is 12.4 Å². The normalized spacial score (nSPS) is 12.4. The van der Waals surface area contributed by atoms with Gasteiger partial charge in [-0.2, -0.15) is 4.72 Å². The molecule has 0 fully saturated rings. The van der Waals surface area contributed by atoms with Gasteiger partial charge in [-0.3, -0.25) is 4.79 Å². The van der Waals surface area contributed by atoms with Gasteiger partial charge in [0.25, 0.3) is 0 Å². The highest BCUT2D eigenvalue weighted by Crippen LogP contribution is 2.28. The van der Waals surface area contributed by atoms with Gasteiger partial charge >= 0.3 is 0 Å². The second kappa shape index (κ2) is 10.8. The number of hydrogen-bond donors (Lipinski definition) is 2. The Bertz CT molecular complexity index is 1240. The van der Waals surface area contributed by atoms with Crippen LogP contribution in [0.1, 0.15) is 30.9 Å². The molecule has 0 saturated heterocycles. The number of carbonyl (C=O) groups excluding carboxylic acids is 1. The number of halogens is 2. The smallest absolute Gasteiger partial charge is 0.245 e. The first-order chi connectivity index (χ1) is 16.1. The molecule has 1 amide bonds. The van der Waals surface area contributed by atoms with E-state index in [9.17, 15) is 22.0 Å². The topological polar surface area (TPSA) is 84.5 Å². The lowest BCUT2D eigenvalue weighted by Gasteiger charge is -2.20. The van der Waals surface area contributed by atoms with Crippen LogP contribution in [0, 0.1) is 11.6 Å². The number of carbonyl (C=O) groups is 1. The third-order valence-corrected chi connectivity index (χ3v) is 6.74. The van der Waals surface area contributed by atoms with Crippen molar-refractivity contribution in [1.82, 2.24) is 4.72 Å². The molecule has 0 saturated carbocycles. The summed E-state index contributed by atoms with van der Waals surface area (Å²) in [6, 6.07) is 15.3. The lowest BCUT2D eigenvalue weighted by atomic mass is 10.0. The molecule has 0 aromatic heterocycles. The highest BCUT2D eigenvalue weighted by atomic mass is 32.2. The second-order valence-corrected chi connectivity index (χ2v) is 9.70. The van der Waals surface area contributed by atoms with Gasteiger partial charge in [0.05, 0.1) is 7.11 Å². The molecule has 3 aromatic rings. The average Bonchev–Trinajstić information content (AvgIpc) is 2.81. The van der Waals surface area contributed by atoms with Crippen molar-refractivity contribution in [3.63, 3.8) is 0 Å². The van der Waals surface area contributed by atoms with Gasteiger partial charge < -0.3 is 10.1 Å². The Morgan fingerprint density at radius 1 is 0.971 bits per heavy atom. The lowest BCUT2D eigenvalue weighted by molar-refractivity contribution is -0.117. The van der Waals surface area contributed by atoms with E-state index in [-0.39, 0.29) is 23.0 Å². The molecule has 34 heavy (non-hydrogen) atoms. The Hall–Kier alpha value is -3.30. The van der Waals surface area contributed by atoms with E-state index in [0.717, 1.165) is 17.7 Å². The molecule has 3 aromatic carbocycles. The number of benzene rings is 3. The van der Waals surface area contributed by atoms with Crippen LogP contribution in [0.2, 0.25) is 0 Å². The SMILES string of the molecule is COc1ccc(C(C)C)cc1S(=O)(=O)NC(Cc1ccccc1)C(=O)Nc1c(F)cccc1F. The molecule has 0 heterocycles. The van der Waals surface area contributed by atoms with Crippen LogP contribution in [0.3, 0.4) is 0 Å². The average molecular weight is 489 g/mol. The van der Waals surface area contributed by atoms with E-state index in [1.165, 1.54) is 19.2 Å². The molecule has 0 radical (unpaired) electrons. The molecule has 1 atom stereocenters. The minimum atomic E-state index is -4.26. The molecule has 0 aliphatic carbocycles. The molecule has 0 aliphatic rings. The first kappa shape index (κ1) is 25.3. The summed E-state index contributed by atoms with van der Waals surface area (Å²) in [5.41, 5.74) is 0.769. The number of ether oxygens (including phenoxy) is 1. The largest absolute Gasteiger partial charge is 0.495 e. The van der Waals surface area contributed by atoms with Gasteiger partial charge in [0.15, 0.2) is 0 Å². The van der Waals surface area contributed by atoms with Gasteiger partial charge in [-0.15, -0.1) is 0 Å². The Morgan fingerprint density at radius 3 is 2.21 bits per heavy atom. The van der Waals surface area contributed by atoms with Gasteiger partial charge in [0, 0.05) is 0 Å². The first-order valence-electron chi connectivity index (χ1n) is 10.6. The van der Waals surface area contributed by atoms with Crippen LogP contribution in [0.25, 0.3) is 0 Å². The molecule has 2 N–H and O–H groups in total. The molecule has 0 aliphatic heterocycles. The minimum absolute atomic E-state index is 0.0475. The minimum Gasteiger partial charge on any atom is -0.495 e. The van der Waals surface area contributed by atoms with E-state index in [4.69, 9.17) is 4.74 Å².